The molecule has 4 heteroatoms. The van der Waals surface area contributed by atoms with Gasteiger partial charge in [0.15, 0.2) is 0 Å². The average molecular weight is 250 g/mol. The number of rotatable bonds is 6. The lowest BCUT2D eigenvalue weighted by Crippen LogP contribution is -2.27. The molecule has 1 aromatic carbocycles. The van der Waals surface area contributed by atoms with Gasteiger partial charge in [-0.05, 0) is 31.4 Å². The highest BCUT2D eigenvalue weighted by Gasteiger charge is 2.06. The Balaban J connectivity index is 2.71. The van der Waals surface area contributed by atoms with Crippen molar-refractivity contribution in [3.05, 3.63) is 29.3 Å². The lowest BCUT2D eigenvalue weighted by molar-refractivity contribution is 0.406. The first-order chi connectivity index (χ1) is 8.21. The zero-order chi connectivity index (χ0) is 12.7. The van der Waals surface area contributed by atoms with E-state index in [-0.39, 0.29) is 0 Å². The first-order valence-electron chi connectivity index (χ1n) is 5.50. The van der Waals surface area contributed by atoms with E-state index in [9.17, 15) is 0 Å². The summed E-state index contributed by atoms with van der Waals surface area (Å²) in [5.74, 6) is 1.90. The van der Waals surface area contributed by atoms with Crippen molar-refractivity contribution in [1.29, 1.82) is 5.26 Å². The Morgan fingerprint density at radius 3 is 2.88 bits per heavy atom. The zero-order valence-corrected chi connectivity index (χ0v) is 11.3. The molecule has 0 amide bonds. The summed E-state index contributed by atoms with van der Waals surface area (Å²) in [6.45, 7) is 2.87. The van der Waals surface area contributed by atoms with Crippen LogP contribution in [0.1, 0.15) is 18.1 Å². The van der Waals surface area contributed by atoms with Crippen LogP contribution in [0, 0.1) is 11.3 Å². The SMILES string of the molecule is COc1ccc(C#N)cc1CNC(C)CSC. The fourth-order valence-corrected chi connectivity index (χ4v) is 2.20. The quantitative estimate of drug-likeness (QED) is 0.842. The number of nitriles is 1. The molecule has 0 aliphatic rings. The van der Waals surface area contributed by atoms with Gasteiger partial charge in [0.2, 0.25) is 0 Å². The highest BCUT2D eigenvalue weighted by molar-refractivity contribution is 7.98. The molecule has 17 heavy (non-hydrogen) atoms. The van der Waals surface area contributed by atoms with Crippen molar-refractivity contribution >= 4 is 11.8 Å². The van der Waals surface area contributed by atoms with E-state index < -0.39 is 0 Å². The van der Waals surface area contributed by atoms with Gasteiger partial charge in [-0.3, -0.25) is 0 Å². The molecular weight excluding hydrogens is 232 g/mol. The third kappa shape index (κ3) is 4.29. The second-order valence-electron chi connectivity index (χ2n) is 3.88. The van der Waals surface area contributed by atoms with E-state index in [4.69, 9.17) is 10.00 Å². The van der Waals surface area contributed by atoms with Crippen LogP contribution in [0.2, 0.25) is 0 Å². The minimum Gasteiger partial charge on any atom is -0.496 e. The molecule has 1 N–H and O–H groups in total. The summed E-state index contributed by atoms with van der Waals surface area (Å²) in [6, 6.07) is 8.08. The highest BCUT2D eigenvalue weighted by atomic mass is 32.2. The van der Waals surface area contributed by atoms with Crippen molar-refractivity contribution in [2.45, 2.75) is 19.5 Å². The molecule has 0 heterocycles. The van der Waals surface area contributed by atoms with Crippen molar-refractivity contribution < 1.29 is 4.74 Å². The second kappa shape index (κ2) is 7.21. The number of benzene rings is 1. The molecule has 3 nitrogen and oxygen atoms in total. The zero-order valence-electron chi connectivity index (χ0n) is 10.5. The molecular formula is C13H18N2OS. The van der Waals surface area contributed by atoms with Crippen molar-refractivity contribution in [1.82, 2.24) is 5.32 Å². The summed E-state index contributed by atoms with van der Waals surface area (Å²) >= 11 is 1.82. The Hall–Kier alpha value is -1.18. The van der Waals surface area contributed by atoms with Crippen LogP contribution >= 0.6 is 11.8 Å². The molecule has 1 rings (SSSR count). The van der Waals surface area contributed by atoms with Crippen LogP contribution in [0.5, 0.6) is 5.75 Å². The molecule has 1 unspecified atom stereocenters. The van der Waals surface area contributed by atoms with Crippen molar-refractivity contribution in [3.63, 3.8) is 0 Å². The largest absolute Gasteiger partial charge is 0.496 e. The normalized spacial score (nSPS) is 11.9. The second-order valence-corrected chi connectivity index (χ2v) is 4.79. The van der Waals surface area contributed by atoms with Crippen LogP contribution in [-0.4, -0.2) is 25.2 Å². The number of hydrogen-bond donors (Lipinski definition) is 1. The molecule has 1 aromatic rings. The summed E-state index contributed by atoms with van der Waals surface area (Å²) in [5.41, 5.74) is 1.69. The van der Waals surface area contributed by atoms with E-state index in [2.05, 4.69) is 24.6 Å². The molecule has 0 bridgehead atoms. The minimum atomic E-state index is 0.445. The van der Waals surface area contributed by atoms with Gasteiger partial charge in [-0.2, -0.15) is 17.0 Å². The van der Waals surface area contributed by atoms with E-state index in [1.807, 2.05) is 23.9 Å². The van der Waals surface area contributed by atoms with Gasteiger partial charge in [0, 0.05) is 23.9 Å². The van der Waals surface area contributed by atoms with Crippen molar-refractivity contribution in [2.24, 2.45) is 0 Å². The summed E-state index contributed by atoms with van der Waals surface area (Å²) in [5, 5.41) is 12.3. The smallest absolute Gasteiger partial charge is 0.123 e. The number of nitrogens with zero attached hydrogens (tertiary/aromatic N) is 1. The first-order valence-corrected chi connectivity index (χ1v) is 6.90. The maximum atomic E-state index is 8.87. The van der Waals surface area contributed by atoms with Gasteiger partial charge in [-0.25, -0.2) is 0 Å². The Morgan fingerprint density at radius 2 is 2.29 bits per heavy atom. The molecule has 0 radical (unpaired) electrons. The Bertz CT molecular complexity index is 401. The molecule has 1 atom stereocenters. The van der Waals surface area contributed by atoms with Gasteiger partial charge in [-0.1, -0.05) is 0 Å². The van der Waals surface area contributed by atoms with Crippen molar-refractivity contribution in [3.8, 4) is 11.8 Å². The van der Waals surface area contributed by atoms with Gasteiger partial charge in [0.1, 0.15) is 5.75 Å². The van der Waals surface area contributed by atoms with Crippen LogP contribution in [0.15, 0.2) is 18.2 Å². The molecule has 0 spiro atoms. The molecule has 0 aliphatic carbocycles. The highest BCUT2D eigenvalue weighted by Crippen LogP contribution is 2.19. The first kappa shape index (κ1) is 13.9. The number of hydrogen-bond acceptors (Lipinski definition) is 4. The van der Waals surface area contributed by atoms with Crippen LogP contribution in [-0.2, 0) is 6.54 Å². The molecule has 0 fully saturated rings. The lowest BCUT2D eigenvalue weighted by atomic mass is 10.1. The fourth-order valence-electron chi connectivity index (χ4n) is 1.58. The summed E-state index contributed by atoms with van der Waals surface area (Å²) < 4.78 is 5.28. The van der Waals surface area contributed by atoms with Crippen LogP contribution in [0.25, 0.3) is 0 Å². The molecule has 0 saturated carbocycles. The maximum absolute atomic E-state index is 8.87. The van der Waals surface area contributed by atoms with E-state index in [0.717, 1.165) is 23.6 Å². The van der Waals surface area contributed by atoms with Gasteiger partial charge in [-0.15, -0.1) is 0 Å². The van der Waals surface area contributed by atoms with Gasteiger partial charge in [0.25, 0.3) is 0 Å². The molecule has 0 aromatic heterocycles. The number of ether oxygens (including phenoxy) is 1. The predicted octanol–water partition coefficient (Wildman–Crippen LogP) is 2.41. The minimum absolute atomic E-state index is 0.445. The average Bonchev–Trinajstić information content (AvgIpc) is 2.36. The lowest BCUT2D eigenvalue weighted by Gasteiger charge is -2.14. The van der Waals surface area contributed by atoms with Crippen LogP contribution in [0.3, 0.4) is 0 Å². The monoisotopic (exact) mass is 250 g/mol. The Kier molecular flexibility index (Phi) is 5.88. The summed E-state index contributed by atoms with van der Waals surface area (Å²) in [4.78, 5) is 0. The Morgan fingerprint density at radius 1 is 1.53 bits per heavy atom. The fraction of sp³-hybridized carbons (Fsp3) is 0.462. The summed E-state index contributed by atoms with van der Waals surface area (Å²) in [7, 11) is 1.65. The van der Waals surface area contributed by atoms with Gasteiger partial charge < -0.3 is 10.1 Å². The van der Waals surface area contributed by atoms with Gasteiger partial charge >= 0.3 is 0 Å². The van der Waals surface area contributed by atoms with E-state index >= 15 is 0 Å². The molecule has 92 valence electrons. The van der Waals surface area contributed by atoms with E-state index in [1.54, 1.807) is 13.2 Å². The van der Waals surface area contributed by atoms with E-state index in [0.29, 0.717) is 11.6 Å². The molecule has 0 aliphatic heterocycles. The van der Waals surface area contributed by atoms with E-state index in [1.165, 1.54) is 0 Å². The van der Waals surface area contributed by atoms with Gasteiger partial charge in [0.05, 0.1) is 18.7 Å². The topological polar surface area (TPSA) is 45.0 Å². The Labute approximate surface area is 107 Å². The molecule has 0 saturated heterocycles. The maximum Gasteiger partial charge on any atom is 0.123 e. The number of methoxy groups -OCH3 is 1. The van der Waals surface area contributed by atoms with Crippen molar-refractivity contribution in [2.75, 3.05) is 19.1 Å². The standard InChI is InChI=1S/C13H18N2OS/c1-10(9-17-3)15-8-12-6-11(7-14)4-5-13(12)16-2/h4-6,10,15H,8-9H2,1-3H3. The summed E-state index contributed by atoms with van der Waals surface area (Å²) in [6.07, 6.45) is 2.09. The third-order valence-corrected chi connectivity index (χ3v) is 3.30. The van der Waals surface area contributed by atoms with Crippen LogP contribution in [0.4, 0.5) is 0 Å². The number of thioether (sulfide) groups is 1. The third-order valence-electron chi connectivity index (χ3n) is 2.47. The van der Waals surface area contributed by atoms with Crippen LogP contribution < -0.4 is 10.1 Å². The predicted molar refractivity (Wildman–Crippen MR) is 72.4 cm³/mol. The number of nitrogens with one attached hydrogen (secondary N) is 1.